The molecule has 1 atom stereocenters. The van der Waals surface area contributed by atoms with Crippen molar-refractivity contribution in [3.05, 3.63) is 42.0 Å². The maximum atomic E-state index is 14.1. The molecule has 3 N–H and O–H groups in total. The van der Waals surface area contributed by atoms with E-state index in [0.29, 0.717) is 11.4 Å². The second kappa shape index (κ2) is 15.4. The van der Waals surface area contributed by atoms with Crippen LogP contribution in [0.1, 0.15) is 71.8 Å². The van der Waals surface area contributed by atoms with Crippen molar-refractivity contribution >= 4 is 53.9 Å². The first-order valence-corrected chi connectivity index (χ1v) is 13.5. The van der Waals surface area contributed by atoms with E-state index >= 15 is 0 Å². The molecule has 0 aliphatic heterocycles. The normalized spacial score (nSPS) is 14.5. The number of amides is 2. The summed E-state index contributed by atoms with van der Waals surface area (Å²) in [4.78, 5) is 30.6. The zero-order valence-electron chi connectivity index (χ0n) is 24.8. The summed E-state index contributed by atoms with van der Waals surface area (Å²) in [5, 5.41) is 3.07. The molecule has 0 spiro atoms. The molecule has 40 heavy (non-hydrogen) atoms. The number of urea groups is 1. The van der Waals surface area contributed by atoms with Crippen LogP contribution >= 0.6 is 24.8 Å². The molecule has 0 heterocycles. The molecule has 3 rings (SSSR count). The largest absolute Gasteiger partial charge is 0.497 e. The van der Waals surface area contributed by atoms with Crippen LogP contribution in [0.15, 0.2) is 36.4 Å². The number of anilines is 3. The fraction of sp³-hybridized carbons (Fsp3) is 0.533. The number of benzene rings is 2. The van der Waals surface area contributed by atoms with Crippen LogP contribution in [0.2, 0.25) is 0 Å². The smallest absolute Gasteiger partial charge is 0.328 e. The number of carbonyl (C=O) groups excluding carboxylic acids is 2. The summed E-state index contributed by atoms with van der Waals surface area (Å²) in [5.41, 5.74) is 8.41. The Labute approximate surface area is 251 Å². The fourth-order valence-electron chi connectivity index (χ4n) is 4.77. The zero-order chi connectivity index (χ0) is 28.0. The molecule has 0 radical (unpaired) electrons. The van der Waals surface area contributed by atoms with Gasteiger partial charge in [0, 0.05) is 43.1 Å². The summed E-state index contributed by atoms with van der Waals surface area (Å²) in [6, 6.07) is 10.5. The molecule has 224 valence electrons. The lowest BCUT2D eigenvalue weighted by Crippen LogP contribution is -2.43. The number of nitrogens with zero attached hydrogens (tertiary/aromatic N) is 2. The number of ether oxygens (including phenoxy) is 2. The molecule has 1 fully saturated rings. The molecule has 2 amide bonds. The van der Waals surface area contributed by atoms with Crippen LogP contribution in [0.5, 0.6) is 11.5 Å². The Balaban J connectivity index is 0.00000400. The molecule has 2 aromatic rings. The minimum Gasteiger partial charge on any atom is -0.497 e. The van der Waals surface area contributed by atoms with E-state index in [-0.39, 0.29) is 42.6 Å². The number of carbonyl (C=O) groups is 2. The van der Waals surface area contributed by atoms with E-state index in [1.165, 1.54) is 12.8 Å². The molecular formula is C30H46Cl2N4O4. The summed E-state index contributed by atoms with van der Waals surface area (Å²) in [7, 11) is 5.56. The molecule has 0 saturated heterocycles. The number of hydrogen-bond acceptors (Lipinski definition) is 6. The Kier molecular flexibility index (Phi) is 13.6. The maximum absolute atomic E-state index is 14.1. The van der Waals surface area contributed by atoms with Gasteiger partial charge in [0.2, 0.25) is 0 Å². The van der Waals surface area contributed by atoms with Crippen molar-refractivity contribution in [3.63, 3.8) is 0 Å². The van der Waals surface area contributed by atoms with Crippen LogP contribution in [0.4, 0.5) is 21.9 Å². The molecule has 10 heteroatoms. The van der Waals surface area contributed by atoms with Gasteiger partial charge in [0.1, 0.15) is 11.8 Å². The average Bonchev–Trinajstić information content (AvgIpc) is 3.14. The number of rotatable bonds is 7. The van der Waals surface area contributed by atoms with Gasteiger partial charge in [-0.2, -0.15) is 0 Å². The first-order valence-electron chi connectivity index (χ1n) is 13.5. The van der Waals surface area contributed by atoms with Crippen LogP contribution in [0, 0.1) is 0 Å². The highest BCUT2D eigenvalue weighted by Gasteiger charge is 2.30. The van der Waals surface area contributed by atoms with Crippen LogP contribution in [0.3, 0.4) is 0 Å². The third kappa shape index (κ3) is 8.91. The first-order chi connectivity index (χ1) is 17.9. The van der Waals surface area contributed by atoms with Gasteiger partial charge >= 0.3 is 12.0 Å². The van der Waals surface area contributed by atoms with Crippen molar-refractivity contribution in [2.24, 2.45) is 5.73 Å². The van der Waals surface area contributed by atoms with Crippen molar-refractivity contribution in [1.29, 1.82) is 0 Å². The summed E-state index contributed by atoms with van der Waals surface area (Å²) < 4.78 is 11.4. The minimum absolute atomic E-state index is 0. The topological polar surface area (TPSA) is 97.1 Å². The molecule has 0 unspecified atom stereocenters. The van der Waals surface area contributed by atoms with Gasteiger partial charge in [-0.3, -0.25) is 4.90 Å². The third-order valence-corrected chi connectivity index (χ3v) is 6.98. The van der Waals surface area contributed by atoms with Crippen LogP contribution in [-0.2, 0) is 10.2 Å². The van der Waals surface area contributed by atoms with E-state index in [9.17, 15) is 9.59 Å². The number of esters is 1. The summed E-state index contributed by atoms with van der Waals surface area (Å²) in [6.45, 7) is 7.62. The zero-order valence-corrected chi connectivity index (χ0v) is 26.4. The molecule has 1 saturated carbocycles. The number of nitrogens with two attached hydrogens (primary N) is 1. The highest BCUT2D eigenvalue weighted by Crippen LogP contribution is 2.41. The van der Waals surface area contributed by atoms with Gasteiger partial charge in [0.05, 0.1) is 12.8 Å². The SMILES string of the molecule is COc1cc(NC(=O)N(c2ccc(N(C)C)cc2)C2CCCCCC2)c(OC(=O)[C@H](C)N)c(C(C)(C)C)c1.Cl.Cl. The maximum Gasteiger partial charge on any atom is 0.328 e. The van der Waals surface area contributed by atoms with Gasteiger partial charge in [-0.15, -0.1) is 24.8 Å². The quantitative estimate of drug-likeness (QED) is 0.204. The molecule has 1 aliphatic rings. The molecule has 8 nitrogen and oxygen atoms in total. The Morgan fingerprint density at radius 3 is 2.00 bits per heavy atom. The van der Waals surface area contributed by atoms with Crippen molar-refractivity contribution < 1.29 is 19.1 Å². The number of halogens is 2. The van der Waals surface area contributed by atoms with E-state index in [1.54, 1.807) is 20.1 Å². The Morgan fingerprint density at radius 2 is 1.52 bits per heavy atom. The minimum atomic E-state index is -0.814. The summed E-state index contributed by atoms with van der Waals surface area (Å²) in [6.07, 6.45) is 6.37. The van der Waals surface area contributed by atoms with E-state index in [2.05, 4.69) is 5.32 Å². The lowest BCUT2D eigenvalue weighted by atomic mass is 9.85. The van der Waals surface area contributed by atoms with Gasteiger partial charge in [-0.1, -0.05) is 46.5 Å². The average molecular weight is 598 g/mol. The Bertz CT molecular complexity index is 1110. The van der Waals surface area contributed by atoms with Crippen LogP contribution in [0.25, 0.3) is 0 Å². The lowest BCUT2D eigenvalue weighted by Gasteiger charge is -2.32. The molecule has 0 bridgehead atoms. The number of nitrogens with one attached hydrogen (secondary N) is 1. The van der Waals surface area contributed by atoms with Gasteiger partial charge in [0.25, 0.3) is 0 Å². The van der Waals surface area contributed by atoms with Gasteiger partial charge in [0.15, 0.2) is 5.75 Å². The number of hydrogen-bond donors (Lipinski definition) is 2. The van der Waals surface area contributed by atoms with Gasteiger partial charge in [-0.05, 0) is 55.5 Å². The lowest BCUT2D eigenvalue weighted by molar-refractivity contribution is -0.135. The van der Waals surface area contributed by atoms with E-state index in [4.69, 9.17) is 15.2 Å². The Hall–Kier alpha value is -2.68. The Morgan fingerprint density at radius 1 is 0.975 bits per heavy atom. The summed E-state index contributed by atoms with van der Waals surface area (Å²) in [5.74, 6) is 0.274. The van der Waals surface area contributed by atoms with Crippen molar-refractivity contribution in [1.82, 2.24) is 0 Å². The second-order valence-corrected chi connectivity index (χ2v) is 11.4. The highest BCUT2D eigenvalue weighted by atomic mass is 35.5. The first kappa shape index (κ1) is 35.3. The van der Waals surface area contributed by atoms with Crippen LogP contribution in [-0.4, -0.2) is 45.3 Å². The van der Waals surface area contributed by atoms with Crippen LogP contribution < -0.4 is 30.3 Å². The highest BCUT2D eigenvalue weighted by molar-refractivity contribution is 6.03. The standard InChI is InChI=1S/C30H44N4O4.2ClH/c1-20(31)28(35)38-27-25(30(2,3)4)18-24(37-7)19-26(27)32-29(36)34(22-12-10-8-9-11-13-22)23-16-14-21(15-17-23)33(5)6;;/h14-20,22H,8-13,31H2,1-7H3,(H,32,36);2*1H/t20-;;/m0../s1. The molecule has 2 aromatic carbocycles. The molecule has 0 aromatic heterocycles. The van der Waals surface area contributed by atoms with Crippen molar-refractivity contribution in [3.8, 4) is 11.5 Å². The van der Waals surface area contributed by atoms with Gasteiger partial charge < -0.3 is 25.4 Å². The predicted molar refractivity (Wildman–Crippen MR) is 169 cm³/mol. The fourth-order valence-corrected chi connectivity index (χ4v) is 4.77. The van der Waals surface area contributed by atoms with E-state index < -0.39 is 17.4 Å². The summed E-state index contributed by atoms with van der Waals surface area (Å²) >= 11 is 0. The number of methoxy groups -OCH3 is 1. The molecular weight excluding hydrogens is 551 g/mol. The monoisotopic (exact) mass is 596 g/mol. The molecule has 1 aliphatic carbocycles. The van der Waals surface area contributed by atoms with E-state index in [0.717, 1.165) is 42.6 Å². The third-order valence-electron chi connectivity index (χ3n) is 6.98. The second-order valence-electron chi connectivity index (χ2n) is 11.4. The van der Waals surface area contributed by atoms with Crippen molar-refractivity contribution in [2.75, 3.05) is 36.3 Å². The predicted octanol–water partition coefficient (Wildman–Crippen LogP) is 6.92. The van der Waals surface area contributed by atoms with Crippen molar-refractivity contribution in [2.45, 2.75) is 83.7 Å². The van der Waals surface area contributed by atoms with Gasteiger partial charge in [-0.25, -0.2) is 9.59 Å². The van der Waals surface area contributed by atoms with E-state index in [1.807, 2.05) is 75.0 Å².